The van der Waals surface area contributed by atoms with Gasteiger partial charge in [-0.05, 0) is 50.8 Å². The number of amides is 1. The number of nitrogens with zero attached hydrogens (tertiary/aromatic N) is 2. The van der Waals surface area contributed by atoms with Gasteiger partial charge in [-0.3, -0.25) is 9.69 Å². The van der Waals surface area contributed by atoms with Crippen molar-refractivity contribution in [2.24, 2.45) is 11.8 Å². The van der Waals surface area contributed by atoms with E-state index in [9.17, 15) is 4.79 Å². The Morgan fingerprint density at radius 2 is 1.96 bits per heavy atom. The van der Waals surface area contributed by atoms with Crippen LogP contribution in [0.25, 0.3) is 0 Å². The van der Waals surface area contributed by atoms with Crippen molar-refractivity contribution in [3.8, 4) is 0 Å². The van der Waals surface area contributed by atoms with Crippen LogP contribution in [0.2, 0.25) is 0 Å². The van der Waals surface area contributed by atoms with Crippen LogP contribution in [0.15, 0.2) is 30.3 Å². The fraction of sp³-hybridized carbons (Fsp3) is 0.632. The molecule has 0 radical (unpaired) electrons. The third-order valence-electron chi connectivity index (χ3n) is 5.25. The van der Waals surface area contributed by atoms with Crippen LogP contribution < -0.4 is 5.32 Å². The van der Waals surface area contributed by atoms with E-state index in [1.54, 1.807) is 0 Å². The molecule has 4 heteroatoms. The van der Waals surface area contributed by atoms with E-state index in [-0.39, 0.29) is 5.91 Å². The second-order valence-electron chi connectivity index (χ2n) is 7.31. The van der Waals surface area contributed by atoms with Crippen molar-refractivity contribution >= 4 is 5.91 Å². The van der Waals surface area contributed by atoms with Gasteiger partial charge in [0.05, 0.1) is 6.54 Å². The van der Waals surface area contributed by atoms with Crippen LogP contribution in [0, 0.1) is 11.8 Å². The van der Waals surface area contributed by atoms with Crippen LogP contribution in [0.5, 0.6) is 0 Å². The highest BCUT2D eigenvalue weighted by Gasteiger charge is 2.43. The second kappa shape index (κ2) is 7.45. The maximum atomic E-state index is 12.2. The minimum atomic E-state index is 0.162. The van der Waals surface area contributed by atoms with E-state index in [0.717, 1.165) is 37.9 Å². The summed E-state index contributed by atoms with van der Waals surface area (Å²) >= 11 is 0. The van der Waals surface area contributed by atoms with Gasteiger partial charge in [-0.25, -0.2) is 0 Å². The number of carbonyl (C=O) groups excluding carboxylic acids is 1. The molecule has 23 heavy (non-hydrogen) atoms. The van der Waals surface area contributed by atoms with Gasteiger partial charge < -0.3 is 10.2 Å². The Balaban J connectivity index is 1.41. The number of carbonyl (C=O) groups is 1. The summed E-state index contributed by atoms with van der Waals surface area (Å²) in [5.41, 5.74) is 1.27. The van der Waals surface area contributed by atoms with Gasteiger partial charge in [-0.2, -0.15) is 0 Å². The molecule has 2 aliphatic rings. The zero-order valence-electron chi connectivity index (χ0n) is 14.4. The van der Waals surface area contributed by atoms with E-state index in [4.69, 9.17) is 0 Å². The van der Waals surface area contributed by atoms with E-state index in [1.807, 2.05) is 18.2 Å². The average molecular weight is 315 g/mol. The quantitative estimate of drug-likeness (QED) is 0.830. The van der Waals surface area contributed by atoms with E-state index in [0.29, 0.717) is 12.6 Å². The van der Waals surface area contributed by atoms with Gasteiger partial charge >= 0.3 is 0 Å². The first-order chi connectivity index (χ1) is 11.1. The normalized spacial score (nSPS) is 25.0. The lowest BCUT2D eigenvalue weighted by molar-refractivity contribution is -0.122. The summed E-state index contributed by atoms with van der Waals surface area (Å²) in [5, 5.41) is 3.07. The molecule has 1 amide bonds. The minimum absolute atomic E-state index is 0.162. The molecule has 2 fully saturated rings. The van der Waals surface area contributed by atoms with Crippen LogP contribution in [0.1, 0.15) is 18.4 Å². The molecular formula is C19H29N3O. The smallest absolute Gasteiger partial charge is 0.234 e. The molecule has 4 nitrogen and oxygen atoms in total. The van der Waals surface area contributed by atoms with Crippen molar-refractivity contribution in [3.05, 3.63) is 35.9 Å². The first-order valence-corrected chi connectivity index (χ1v) is 8.83. The Morgan fingerprint density at radius 1 is 1.22 bits per heavy atom. The second-order valence-corrected chi connectivity index (χ2v) is 7.31. The van der Waals surface area contributed by atoms with Crippen LogP contribution >= 0.6 is 0 Å². The van der Waals surface area contributed by atoms with Crippen molar-refractivity contribution < 1.29 is 4.79 Å². The SMILES string of the molecule is CN(C)[C@@H]1CN(CC(=O)NCCc2ccccc2)C[C@H]1C1CC1. The molecule has 0 bridgehead atoms. The van der Waals surface area contributed by atoms with E-state index in [1.165, 1.54) is 18.4 Å². The standard InChI is InChI=1S/C19H29N3O/c1-21(2)18-13-22(12-17(18)16-8-9-16)14-19(23)20-11-10-15-6-4-3-5-7-15/h3-7,16-18H,8-14H2,1-2H3,(H,20,23)/t17-,18+/m0/s1. The van der Waals surface area contributed by atoms with Crippen molar-refractivity contribution in [3.63, 3.8) is 0 Å². The molecule has 126 valence electrons. The van der Waals surface area contributed by atoms with Crippen molar-refractivity contribution in [2.45, 2.75) is 25.3 Å². The molecule has 1 aliphatic heterocycles. The molecule has 1 saturated carbocycles. The van der Waals surface area contributed by atoms with Crippen LogP contribution in [-0.4, -0.2) is 62.0 Å². The Kier molecular flexibility index (Phi) is 5.34. The maximum Gasteiger partial charge on any atom is 0.234 e. The molecule has 1 saturated heterocycles. The maximum absolute atomic E-state index is 12.2. The minimum Gasteiger partial charge on any atom is -0.355 e. The monoisotopic (exact) mass is 315 g/mol. The summed E-state index contributed by atoms with van der Waals surface area (Å²) in [6, 6.07) is 10.9. The van der Waals surface area contributed by atoms with Crippen molar-refractivity contribution in [1.82, 2.24) is 15.1 Å². The number of likely N-dealkylation sites (N-methyl/N-ethyl adjacent to an activating group) is 1. The lowest BCUT2D eigenvalue weighted by Crippen LogP contribution is -2.39. The highest BCUT2D eigenvalue weighted by Crippen LogP contribution is 2.42. The number of hydrogen-bond donors (Lipinski definition) is 1. The van der Waals surface area contributed by atoms with Crippen LogP contribution in [-0.2, 0) is 11.2 Å². The van der Waals surface area contributed by atoms with Gasteiger partial charge in [-0.1, -0.05) is 30.3 Å². The molecule has 1 N–H and O–H groups in total. The van der Waals surface area contributed by atoms with Gasteiger partial charge in [0.1, 0.15) is 0 Å². The zero-order valence-corrected chi connectivity index (χ0v) is 14.4. The van der Waals surface area contributed by atoms with Gasteiger partial charge in [0.25, 0.3) is 0 Å². The summed E-state index contributed by atoms with van der Waals surface area (Å²) in [5.74, 6) is 1.81. The number of likely N-dealkylation sites (tertiary alicyclic amines) is 1. The van der Waals surface area contributed by atoms with Crippen molar-refractivity contribution in [1.29, 1.82) is 0 Å². The van der Waals surface area contributed by atoms with E-state index in [2.05, 4.69) is 41.3 Å². The zero-order chi connectivity index (χ0) is 16.2. The summed E-state index contributed by atoms with van der Waals surface area (Å²) < 4.78 is 0. The molecule has 0 spiro atoms. The van der Waals surface area contributed by atoms with E-state index >= 15 is 0 Å². The predicted molar refractivity (Wildman–Crippen MR) is 93.3 cm³/mol. The Hall–Kier alpha value is -1.39. The molecule has 1 aromatic rings. The average Bonchev–Trinajstić information content (AvgIpc) is 3.29. The molecule has 2 atom stereocenters. The third kappa shape index (κ3) is 4.55. The molecule has 0 unspecified atom stereocenters. The number of rotatable bonds is 7. The highest BCUT2D eigenvalue weighted by molar-refractivity contribution is 5.78. The molecule has 3 rings (SSSR count). The van der Waals surface area contributed by atoms with Gasteiger partial charge in [-0.15, -0.1) is 0 Å². The fourth-order valence-electron chi connectivity index (χ4n) is 3.81. The van der Waals surface area contributed by atoms with Gasteiger partial charge in [0.2, 0.25) is 5.91 Å². The molecular weight excluding hydrogens is 286 g/mol. The fourth-order valence-corrected chi connectivity index (χ4v) is 3.81. The summed E-state index contributed by atoms with van der Waals surface area (Å²) in [6.07, 6.45) is 3.66. The topological polar surface area (TPSA) is 35.6 Å². The van der Waals surface area contributed by atoms with Gasteiger partial charge in [0, 0.05) is 25.7 Å². The number of nitrogens with one attached hydrogen (secondary N) is 1. The first kappa shape index (κ1) is 16.5. The lowest BCUT2D eigenvalue weighted by atomic mass is 9.97. The predicted octanol–water partition coefficient (Wildman–Crippen LogP) is 1.62. The lowest BCUT2D eigenvalue weighted by Gasteiger charge is -2.24. The highest BCUT2D eigenvalue weighted by atomic mass is 16.2. The molecule has 1 heterocycles. The summed E-state index contributed by atoms with van der Waals surface area (Å²) in [7, 11) is 4.34. The van der Waals surface area contributed by atoms with Gasteiger partial charge in [0.15, 0.2) is 0 Å². The van der Waals surface area contributed by atoms with Crippen LogP contribution in [0.3, 0.4) is 0 Å². The molecule has 1 aliphatic carbocycles. The Bertz CT molecular complexity index is 503. The Labute approximate surface area is 139 Å². The molecule has 1 aromatic carbocycles. The van der Waals surface area contributed by atoms with E-state index < -0.39 is 0 Å². The van der Waals surface area contributed by atoms with Crippen LogP contribution in [0.4, 0.5) is 0 Å². The summed E-state index contributed by atoms with van der Waals surface area (Å²) in [6.45, 7) is 3.38. The molecule has 0 aromatic heterocycles. The third-order valence-corrected chi connectivity index (χ3v) is 5.25. The first-order valence-electron chi connectivity index (χ1n) is 8.83. The number of hydrogen-bond acceptors (Lipinski definition) is 3. The Morgan fingerprint density at radius 3 is 2.61 bits per heavy atom. The summed E-state index contributed by atoms with van der Waals surface area (Å²) in [4.78, 5) is 16.9. The van der Waals surface area contributed by atoms with Crippen molar-refractivity contribution in [2.75, 3.05) is 40.3 Å². The number of benzene rings is 1. The largest absolute Gasteiger partial charge is 0.355 e.